The van der Waals surface area contributed by atoms with Gasteiger partial charge in [-0.2, -0.15) is 0 Å². The lowest BCUT2D eigenvalue weighted by Crippen LogP contribution is -2.46. The topological polar surface area (TPSA) is 49.3 Å². The monoisotopic (exact) mass is 219 g/mol. The summed E-state index contributed by atoms with van der Waals surface area (Å²) in [5.74, 6) is -0.0295. The molecule has 2 rings (SSSR count). The van der Waals surface area contributed by atoms with E-state index in [1.165, 1.54) is 0 Å². The van der Waals surface area contributed by atoms with Crippen LogP contribution < -0.4 is 5.32 Å². The first-order valence-electron chi connectivity index (χ1n) is 5.62. The Balaban J connectivity index is 2.05. The van der Waals surface area contributed by atoms with E-state index in [9.17, 15) is 4.79 Å². The SMILES string of the molecule is Cc1ccc(C)c(C(=O)NC2CC(O)C2)c1. The summed E-state index contributed by atoms with van der Waals surface area (Å²) < 4.78 is 0. The van der Waals surface area contributed by atoms with Crippen LogP contribution in [-0.2, 0) is 0 Å². The van der Waals surface area contributed by atoms with Gasteiger partial charge in [-0.25, -0.2) is 0 Å². The summed E-state index contributed by atoms with van der Waals surface area (Å²) in [7, 11) is 0. The number of aryl methyl sites for hydroxylation is 2. The molecule has 1 amide bonds. The number of carbonyl (C=O) groups is 1. The minimum Gasteiger partial charge on any atom is -0.393 e. The molecule has 0 unspecified atom stereocenters. The largest absolute Gasteiger partial charge is 0.393 e. The Morgan fingerprint density at radius 2 is 2.06 bits per heavy atom. The summed E-state index contributed by atoms with van der Waals surface area (Å²) in [4.78, 5) is 11.9. The predicted molar refractivity (Wildman–Crippen MR) is 62.4 cm³/mol. The van der Waals surface area contributed by atoms with Crippen molar-refractivity contribution in [1.82, 2.24) is 5.32 Å². The Hall–Kier alpha value is -1.35. The number of nitrogens with one attached hydrogen (secondary N) is 1. The van der Waals surface area contributed by atoms with Crippen LogP contribution in [0.2, 0.25) is 0 Å². The van der Waals surface area contributed by atoms with Crippen molar-refractivity contribution in [3.05, 3.63) is 34.9 Å². The summed E-state index contributed by atoms with van der Waals surface area (Å²) in [5, 5.41) is 12.1. The summed E-state index contributed by atoms with van der Waals surface area (Å²) in [6.07, 6.45) is 1.12. The van der Waals surface area contributed by atoms with E-state index in [1.807, 2.05) is 32.0 Å². The van der Waals surface area contributed by atoms with Gasteiger partial charge in [0.05, 0.1) is 6.10 Å². The molecule has 1 aromatic rings. The van der Waals surface area contributed by atoms with E-state index in [0.717, 1.165) is 16.7 Å². The molecule has 0 saturated heterocycles. The molecule has 1 aliphatic carbocycles. The molecule has 2 N–H and O–H groups in total. The third-order valence-corrected chi connectivity index (χ3v) is 3.09. The molecule has 1 fully saturated rings. The zero-order valence-corrected chi connectivity index (χ0v) is 9.66. The number of benzene rings is 1. The normalized spacial score (nSPS) is 23.7. The standard InChI is InChI=1S/C13H17NO2/c1-8-3-4-9(2)12(5-8)13(16)14-10-6-11(15)7-10/h3-5,10-11,15H,6-7H2,1-2H3,(H,14,16). The van der Waals surface area contributed by atoms with Gasteiger partial charge in [0.25, 0.3) is 5.91 Å². The van der Waals surface area contributed by atoms with Gasteiger partial charge >= 0.3 is 0 Å². The summed E-state index contributed by atoms with van der Waals surface area (Å²) in [6.45, 7) is 3.91. The zero-order chi connectivity index (χ0) is 11.7. The molecule has 1 saturated carbocycles. The van der Waals surface area contributed by atoms with Crippen molar-refractivity contribution >= 4 is 5.91 Å². The van der Waals surface area contributed by atoms with E-state index in [2.05, 4.69) is 5.32 Å². The van der Waals surface area contributed by atoms with E-state index in [1.54, 1.807) is 0 Å². The van der Waals surface area contributed by atoms with Crippen molar-refractivity contribution in [3.8, 4) is 0 Å². The van der Waals surface area contributed by atoms with Crippen LogP contribution in [0.5, 0.6) is 0 Å². The van der Waals surface area contributed by atoms with Crippen LogP contribution in [0.15, 0.2) is 18.2 Å². The molecule has 1 aromatic carbocycles. The van der Waals surface area contributed by atoms with Crippen molar-refractivity contribution in [2.75, 3.05) is 0 Å². The van der Waals surface area contributed by atoms with Crippen molar-refractivity contribution in [2.24, 2.45) is 0 Å². The molecule has 0 atom stereocenters. The van der Waals surface area contributed by atoms with E-state index < -0.39 is 0 Å². The third kappa shape index (κ3) is 2.25. The molecule has 16 heavy (non-hydrogen) atoms. The second kappa shape index (κ2) is 4.26. The minimum absolute atomic E-state index is 0.0295. The molecule has 86 valence electrons. The van der Waals surface area contributed by atoms with Crippen molar-refractivity contribution in [2.45, 2.75) is 38.8 Å². The lowest BCUT2D eigenvalue weighted by Gasteiger charge is -2.32. The van der Waals surface area contributed by atoms with Crippen LogP contribution in [0.25, 0.3) is 0 Å². The van der Waals surface area contributed by atoms with Crippen LogP contribution in [0.3, 0.4) is 0 Å². The number of amides is 1. The fourth-order valence-electron chi connectivity index (χ4n) is 1.95. The molecule has 1 aliphatic rings. The fourth-order valence-corrected chi connectivity index (χ4v) is 1.95. The molecule has 0 aromatic heterocycles. The van der Waals surface area contributed by atoms with Gasteiger partial charge in [-0.1, -0.05) is 17.7 Å². The number of aliphatic hydroxyl groups excluding tert-OH is 1. The highest BCUT2D eigenvalue weighted by Crippen LogP contribution is 2.20. The Morgan fingerprint density at radius 3 is 2.69 bits per heavy atom. The Bertz CT molecular complexity index is 408. The van der Waals surface area contributed by atoms with Gasteiger partial charge in [-0.15, -0.1) is 0 Å². The Morgan fingerprint density at radius 1 is 1.38 bits per heavy atom. The molecule has 3 heteroatoms. The zero-order valence-electron chi connectivity index (χ0n) is 9.66. The van der Waals surface area contributed by atoms with Crippen LogP contribution in [-0.4, -0.2) is 23.2 Å². The lowest BCUT2D eigenvalue weighted by atomic mass is 9.89. The van der Waals surface area contributed by atoms with Gasteiger partial charge < -0.3 is 10.4 Å². The Labute approximate surface area is 95.5 Å². The van der Waals surface area contributed by atoms with E-state index in [-0.39, 0.29) is 18.1 Å². The maximum Gasteiger partial charge on any atom is 0.251 e. The fraction of sp³-hybridized carbons (Fsp3) is 0.462. The van der Waals surface area contributed by atoms with E-state index in [4.69, 9.17) is 5.11 Å². The number of hydrogen-bond donors (Lipinski definition) is 2. The summed E-state index contributed by atoms with van der Waals surface area (Å²) in [6, 6.07) is 6.00. The van der Waals surface area contributed by atoms with Gasteiger partial charge in [0, 0.05) is 11.6 Å². The van der Waals surface area contributed by atoms with Crippen LogP contribution in [0, 0.1) is 13.8 Å². The smallest absolute Gasteiger partial charge is 0.251 e. The molecule has 0 aliphatic heterocycles. The number of carbonyl (C=O) groups excluding carboxylic acids is 1. The number of rotatable bonds is 2. The lowest BCUT2D eigenvalue weighted by molar-refractivity contribution is 0.0562. The Kier molecular flexibility index (Phi) is 2.97. The van der Waals surface area contributed by atoms with Gasteiger partial charge in [-0.3, -0.25) is 4.79 Å². The first-order valence-corrected chi connectivity index (χ1v) is 5.62. The second-order valence-corrected chi connectivity index (χ2v) is 4.61. The van der Waals surface area contributed by atoms with Crippen LogP contribution >= 0.6 is 0 Å². The highest BCUT2D eigenvalue weighted by atomic mass is 16.3. The van der Waals surface area contributed by atoms with Gasteiger partial charge in [0.15, 0.2) is 0 Å². The molecular formula is C13H17NO2. The molecular weight excluding hydrogens is 202 g/mol. The highest BCUT2D eigenvalue weighted by Gasteiger charge is 2.28. The highest BCUT2D eigenvalue weighted by molar-refractivity contribution is 5.96. The predicted octanol–water partition coefficient (Wildman–Crippen LogP) is 1.56. The molecule has 0 bridgehead atoms. The minimum atomic E-state index is -0.232. The summed E-state index contributed by atoms with van der Waals surface area (Å²) in [5.41, 5.74) is 2.81. The quantitative estimate of drug-likeness (QED) is 0.793. The van der Waals surface area contributed by atoms with Gasteiger partial charge in [0.1, 0.15) is 0 Å². The first kappa shape index (κ1) is 11.1. The molecule has 3 nitrogen and oxygen atoms in total. The third-order valence-electron chi connectivity index (χ3n) is 3.09. The van der Waals surface area contributed by atoms with Crippen molar-refractivity contribution in [3.63, 3.8) is 0 Å². The van der Waals surface area contributed by atoms with Gasteiger partial charge in [0.2, 0.25) is 0 Å². The maximum absolute atomic E-state index is 11.9. The van der Waals surface area contributed by atoms with Crippen molar-refractivity contribution < 1.29 is 9.90 Å². The average Bonchev–Trinajstić information content (AvgIpc) is 2.19. The van der Waals surface area contributed by atoms with E-state index in [0.29, 0.717) is 12.8 Å². The number of hydrogen-bond acceptors (Lipinski definition) is 2. The molecule has 0 spiro atoms. The molecule has 0 radical (unpaired) electrons. The van der Waals surface area contributed by atoms with Gasteiger partial charge in [-0.05, 0) is 38.3 Å². The van der Waals surface area contributed by atoms with E-state index >= 15 is 0 Å². The average molecular weight is 219 g/mol. The van der Waals surface area contributed by atoms with Crippen LogP contribution in [0.4, 0.5) is 0 Å². The first-order chi connectivity index (χ1) is 7.56. The maximum atomic E-state index is 11.9. The van der Waals surface area contributed by atoms with Crippen molar-refractivity contribution in [1.29, 1.82) is 0 Å². The van der Waals surface area contributed by atoms with Crippen LogP contribution in [0.1, 0.15) is 34.3 Å². The second-order valence-electron chi connectivity index (χ2n) is 4.61. The molecule has 0 heterocycles. The number of aliphatic hydroxyl groups is 1. The summed E-state index contributed by atoms with van der Waals surface area (Å²) >= 11 is 0.